The van der Waals surface area contributed by atoms with Gasteiger partial charge in [0.25, 0.3) is 0 Å². The van der Waals surface area contributed by atoms with E-state index in [4.69, 9.17) is 0 Å². The van der Waals surface area contributed by atoms with Crippen LogP contribution >= 0.6 is 0 Å². The molecular formula is C12H11F3N2O2. The number of aliphatic hydroxyl groups is 1. The molecular weight excluding hydrogens is 261 g/mol. The molecule has 2 aromatic rings. The zero-order valence-corrected chi connectivity index (χ0v) is 9.93. The lowest BCUT2D eigenvalue weighted by molar-refractivity contribution is -0.274. The standard InChI is InChI=1S/C12H11F3N2O2/c1-17-7-6-10(16-17)11(18)8-2-4-9(5-3-8)19-12(13,14)15/h2-7,11,18H,1H3. The van der Waals surface area contributed by atoms with E-state index in [2.05, 4.69) is 9.84 Å². The van der Waals surface area contributed by atoms with E-state index in [1.807, 2.05) is 0 Å². The largest absolute Gasteiger partial charge is 0.573 e. The fraction of sp³-hybridized carbons (Fsp3) is 0.250. The summed E-state index contributed by atoms with van der Waals surface area (Å²) in [5, 5.41) is 14.0. The molecule has 19 heavy (non-hydrogen) atoms. The predicted molar refractivity (Wildman–Crippen MR) is 60.4 cm³/mol. The molecule has 1 unspecified atom stereocenters. The molecule has 0 radical (unpaired) electrons. The normalized spacial score (nSPS) is 13.3. The first-order chi connectivity index (χ1) is 8.85. The smallest absolute Gasteiger partial charge is 0.406 e. The van der Waals surface area contributed by atoms with Crippen LogP contribution in [0.5, 0.6) is 5.75 Å². The van der Waals surface area contributed by atoms with Gasteiger partial charge < -0.3 is 9.84 Å². The van der Waals surface area contributed by atoms with Crippen LogP contribution in [0.15, 0.2) is 36.5 Å². The van der Waals surface area contributed by atoms with E-state index in [0.29, 0.717) is 11.3 Å². The van der Waals surface area contributed by atoms with E-state index in [-0.39, 0.29) is 5.75 Å². The van der Waals surface area contributed by atoms with Gasteiger partial charge in [0.2, 0.25) is 0 Å². The molecule has 4 nitrogen and oxygen atoms in total. The lowest BCUT2D eigenvalue weighted by Gasteiger charge is -2.11. The third-order valence-electron chi connectivity index (χ3n) is 2.44. The fourth-order valence-electron chi connectivity index (χ4n) is 1.60. The number of ether oxygens (including phenoxy) is 1. The monoisotopic (exact) mass is 272 g/mol. The Labute approximate surface area is 107 Å². The van der Waals surface area contributed by atoms with Crippen LogP contribution in [0, 0.1) is 0 Å². The van der Waals surface area contributed by atoms with Gasteiger partial charge in [-0.1, -0.05) is 12.1 Å². The predicted octanol–water partition coefficient (Wildman–Crippen LogP) is 2.40. The number of rotatable bonds is 3. The maximum Gasteiger partial charge on any atom is 0.573 e. The van der Waals surface area contributed by atoms with Crippen LogP contribution in [0.1, 0.15) is 17.4 Å². The summed E-state index contributed by atoms with van der Waals surface area (Å²) >= 11 is 0. The van der Waals surface area contributed by atoms with Gasteiger partial charge in [-0.3, -0.25) is 4.68 Å². The number of aromatic nitrogens is 2. The van der Waals surface area contributed by atoms with E-state index >= 15 is 0 Å². The summed E-state index contributed by atoms with van der Waals surface area (Å²) in [5.41, 5.74) is 0.861. The Morgan fingerprint density at radius 2 is 1.84 bits per heavy atom. The van der Waals surface area contributed by atoms with Crippen molar-refractivity contribution in [2.45, 2.75) is 12.5 Å². The van der Waals surface area contributed by atoms with Gasteiger partial charge in [-0.15, -0.1) is 13.2 Å². The quantitative estimate of drug-likeness (QED) is 0.933. The number of hydrogen-bond donors (Lipinski definition) is 1. The van der Waals surface area contributed by atoms with Gasteiger partial charge in [0, 0.05) is 13.2 Å². The van der Waals surface area contributed by atoms with E-state index in [9.17, 15) is 18.3 Å². The molecule has 0 aliphatic carbocycles. The molecule has 0 saturated carbocycles. The van der Waals surface area contributed by atoms with Crippen LogP contribution in [-0.4, -0.2) is 21.2 Å². The first kappa shape index (κ1) is 13.4. The van der Waals surface area contributed by atoms with Crippen LogP contribution in [0.4, 0.5) is 13.2 Å². The molecule has 2 rings (SSSR count). The van der Waals surface area contributed by atoms with Crippen molar-refractivity contribution in [1.82, 2.24) is 9.78 Å². The van der Waals surface area contributed by atoms with Gasteiger partial charge >= 0.3 is 6.36 Å². The van der Waals surface area contributed by atoms with Crippen molar-refractivity contribution >= 4 is 0 Å². The lowest BCUT2D eigenvalue weighted by Crippen LogP contribution is -2.17. The van der Waals surface area contributed by atoms with Crippen LogP contribution in [0.2, 0.25) is 0 Å². The van der Waals surface area contributed by atoms with Crippen molar-refractivity contribution in [3.63, 3.8) is 0 Å². The zero-order valence-electron chi connectivity index (χ0n) is 9.93. The van der Waals surface area contributed by atoms with E-state index in [1.54, 1.807) is 19.3 Å². The number of hydrogen-bond acceptors (Lipinski definition) is 3. The molecule has 1 N–H and O–H groups in total. The molecule has 0 bridgehead atoms. The third-order valence-corrected chi connectivity index (χ3v) is 2.44. The molecule has 1 aromatic carbocycles. The highest BCUT2D eigenvalue weighted by molar-refractivity contribution is 5.31. The molecule has 0 amide bonds. The minimum absolute atomic E-state index is 0.329. The summed E-state index contributed by atoms with van der Waals surface area (Å²) in [7, 11) is 1.70. The molecule has 0 spiro atoms. The van der Waals surface area contributed by atoms with Gasteiger partial charge in [-0.25, -0.2) is 0 Å². The van der Waals surface area contributed by atoms with Gasteiger partial charge in [0.1, 0.15) is 11.9 Å². The topological polar surface area (TPSA) is 47.3 Å². The number of aliphatic hydroxyl groups excluding tert-OH is 1. The highest BCUT2D eigenvalue weighted by atomic mass is 19.4. The Balaban J connectivity index is 2.14. The van der Waals surface area contributed by atoms with Crippen LogP contribution in [0.25, 0.3) is 0 Å². The summed E-state index contributed by atoms with van der Waals surface area (Å²) < 4.78 is 41.2. The van der Waals surface area contributed by atoms with Gasteiger partial charge in [0.05, 0.1) is 5.69 Å². The Morgan fingerprint density at radius 3 is 2.32 bits per heavy atom. The third kappa shape index (κ3) is 3.47. The number of nitrogens with zero attached hydrogens (tertiary/aromatic N) is 2. The second-order valence-electron chi connectivity index (χ2n) is 3.93. The van der Waals surface area contributed by atoms with Gasteiger partial charge in [0.15, 0.2) is 0 Å². The molecule has 0 fully saturated rings. The average molecular weight is 272 g/mol. The summed E-state index contributed by atoms with van der Waals surface area (Å²) in [6, 6.07) is 6.65. The Bertz CT molecular complexity index is 549. The van der Waals surface area contributed by atoms with Crippen LogP contribution < -0.4 is 4.74 Å². The minimum atomic E-state index is -4.72. The molecule has 0 aliphatic heterocycles. The summed E-state index contributed by atoms with van der Waals surface area (Å²) in [6.45, 7) is 0. The van der Waals surface area contributed by atoms with Gasteiger partial charge in [-0.05, 0) is 23.8 Å². The minimum Gasteiger partial charge on any atom is -0.406 e. The van der Waals surface area contributed by atoms with Crippen molar-refractivity contribution in [1.29, 1.82) is 0 Å². The maximum atomic E-state index is 12.0. The molecule has 1 atom stereocenters. The van der Waals surface area contributed by atoms with E-state index in [0.717, 1.165) is 12.1 Å². The zero-order chi connectivity index (χ0) is 14.0. The molecule has 7 heteroatoms. The number of benzene rings is 1. The summed E-state index contributed by atoms with van der Waals surface area (Å²) in [5.74, 6) is -0.329. The number of alkyl halides is 3. The Morgan fingerprint density at radius 1 is 1.21 bits per heavy atom. The lowest BCUT2D eigenvalue weighted by atomic mass is 10.1. The number of aryl methyl sites for hydroxylation is 1. The molecule has 102 valence electrons. The molecule has 0 aliphatic rings. The molecule has 0 saturated heterocycles. The first-order valence-corrected chi connectivity index (χ1v) is 5.38. The summed E-state index contributed by atoms with van der Waals surface area (Å²) in [4.78, 5) is 0. The van der Waals surface area contributed by atoms with Crippen molar-refractivity contribution in [3.8, 4) is 5.75 Å². The molecule has 1 heterocycles. The fourth-order valence-corrected chi connectivity index (χ4v) is 1.60. The Hall–Kier alpha value is -2.02. The van der Waals surface area contributed by atoms with E-state index < -0.39 is 12.5 Å². The van der Waals surface area contributed by atoms with Crippen molar-refractivity contribution in [2.24, 2.45) is 7.05 Å². The second kappa shape index (κ2) is 4.93. The highest BCUT2D eigenvalue weighted by Gasteiger charge is 2.31. The van der Waals surface area contributed by atoms with Crippen molar-refractivity contribution in [3.05, 3.63) is 47.8 Å². The second-order valence-corrected chi connectivity index (χ2v) is 3.93. The van der Waals surface area contributed by atoms with Crippen molar-refractivity contribution < 1.29 is 23.0 Å². The highest BCUT2D eigenvalue weighted by Crippen LogP contribution is 2.26. The molecule has 1 aromatic heterocycles. The number of halogens is 3. The van der Waals surface area contributed by atoms with Crippen molar-refractivity contribution in [2.75, 3.05) is 0 Å². The maximum absolute atomic E-state index is 12.0. The summed E-state index contributed by atoms with van der Waals surface area (Å²) in [6.07, 6.45) is -4.04. The van der Waals surface area contributed by atoms with E-state index in [1.165, 1.54) is 16.8 Å². The van der Waals surface area contributed by atoms with Gasteiger partial charge in [-0.2, -0.15) is 5.10 Å². The average Bonchev–Trinajstić information content (AvgIpc) is 2.74. The SMILES string of the molecule is Cn1ccc(C(O)c2ccc(OC(F)(F)F)cc2)n1. The Kier molecular flexibility index (Phi) is 3.48. The van der Waals surface area contributed by atoms with Crippen LogP contribution in [-0.2, 0) is 7.05 Å². The van der Waals surface area contributed by atoms with Crippen LogP contribution in [0.3, 0.4) is 0 Å². The first-order valence-electron chi connectivity index (χ1n) is 5.38.